The Morgan fingerprint density at radius 1 is 0.765 bits per heavy atom. The summed E-state index contributed by atoms with van der Waals surface area (Å²) in [6, 6.07) is 0. The summed E-state index contributed by atoms with van der Waals surface area (Å²) in [5, 5.41) is 0. The Hall–Kier alpha value is -1.37. The molecule has 0 aromatic rings. The first-order chi connectivity index (χ1) is 8.41. The fraction of sp³-hybridized carbons (Fsp3) is 0.438. The van der Waals surface area contributed by atoms with Crippen LogP contribution in [0.4, 0.5) is 0 Å². The molecule has 0 aromatic heterocycles. The maximum atomic E-state index is 9.96. The first-order valence-electron chi connectivity index (χ1n) is 6.48. The number of allylic oxidation sites excluding steroid dienone is 8. The van der Waals surface area contributed by atoms with Gasteiger partial charge in [-0.25, -0.2) is 0 Å². The van der Waals surface area contributed by atoms with Crippen LogP contribution in [-0.2, 0) is 4.79 Å². The largest absolute Gasteiger partial charge is 0.299 e. The molecule has 0 atom stereocenters. The Morgan fingerprint density at radius 2 is 1.47 bits per heavy atom. The first-order valence-corrected chi connectivity index (χ1v) is 6.48. The van der Waals surface area contributed by atoms with E-state index in [9.17, 15) is 4.79 Å². The number of unbranched alkanes of at least 4 members (excludes halogenated alkanes) is 3. The van der Waals surface area contributed by atoms with E-state index in [0.717, 1.165) is 19.1 Å². The van der Waals surface area contributed by atoms with Crippen molar-refractivity contribution >= 4 is 6.29 Å². The number of aldehydes is 1. The van der Waals surface area contributed by atoms with Crippen LogP contribution in [0.25, 0.3) is 0 Å². The van der Waals surface area contributed by atoms with Gasteiger partial charge in [0.15, 0.2) is 0 Å². The summed E-state index contributed by atoms with van der Waals surface area (Å²) >= 11 is 0. The van der Waals surface area contributed by atoms with E-state index in [4.69, 9.17) is 0 Å². The summed E-state index contributed by atoms with van der Waals surface area (Å²) in [5.74, 6) is 0. The van der Waals surface area contributed by atoms with Crippen molar-refractivity contribution in [1.29, 1.82) is 0 Å². The zero-order chi connectivity index (χ0) is 12.6. The fourth-order valence-electron chi connectivity index (χ4n) is 1.34. The Labute approximate surface area is 106 Å². The van der Waals surface area contributed by atoms with Crippen molar-refractivity contribution in [2.45, 2.75) is 45.4 Å². The van der Waals surface area contributed by atoms with E-state index in [-0.39, 0.29) is 0 Å². The van der Waals surface area contributed by atoms with Crippen molar-refractivity contribution in [2.75, 3.05) is 0 Å². The second-order valence-corrected chi connectivity index (χ2v) is 3.86. The lowest BCUT2D eigenvalue weighted by atomic mass is 10.2. The van der Waals surface area contributed by atoms with Gasteiger partial charge < -0.3 is 0 Å². The molecule has 0 N–H and O–H groups in total. The second-order valence-electron chi connectivity index (χ2n) is 3.86. The van der Waals surface area contributed by atoms with Gasteiger partial charge >= 0.3 is 0 Å². The molecule has 0 fully saturated rings. The van der Waals surface area contributed by atoms with E-state index < -0.39 is 0 Å². The maximum absolute atomic E-state index is 9.96. The number of carbonyl (C=O) groups excluding carboxylic acids is 1. The lowest BCUT2D eigenvalue weighted by Crippen LogP contribution is -1.70. The summed E-state index contributed by atoms with van der Waals surface area (Å²) in [6.07, 6.45) is 23.8. The quantitative estimate of drug-likeness (QED) is 0.174. The van der Waals surface area contributed by atoms with E-state index in [1.54, 1.807) is 6.08 Å². The predicted molar refractivity (Wildman–Crippen MR) is 76.0 cm³/mol. The van der Waals surface area contributed by atoms with E-state index in [1.807, 2.05) is 12.2 Å². The minimum Gasteiger partial charge on any atom is -0.299 e. The highest BCUT2D eigenvalue weighted by Crippen LogP contribution is 2.00. The van der Waals surface area contributed by atoms with Gasteiger partial charge in [-0.3, -0.25) is 4.79 Å². The van der Waals surface area contributed by atoms with E-state index in [2.05, 4.69) is 31.2 Å². The molecule has 0 saturated carbocycles. The average molecular weight is 232 g/mol. The predicted octanol–water partition coefficient (Wildman–Crippen LogP) is 4.77. The van der Waals surface area contributed by atoms with E-state index in [1.165, 1.54) is 31.8 Å². The van der Waals surface area contributed by atoms with Crippen LogP contribution >= 0.6 is 0 Å². The Kier molecular flexibility index (Phi) is 13.5. The molecule has 1 heteroatoms. The number of hydrogen-bond donors (Lipinski definition) is 0. The van der Waals surface area contributed by atoms with Crippen molar-refractivity contribution in [1.82, 2.24) is 0 Å². The standard InChI is InChI=1S/C16H24O/c1-2-3-4-5-6-7-8-9-10-11-12-13-14-15-16-17/h6-7,9-10,12-16H,2-5,8,11H2,1H3/b7-6-,10-9-,13-12-,15-14+. The molecule has 17 heavy (non-hydrogen) atoms. The van der Waals surface area contributed by atoms with Crippen LogP contribution < -0.4 is 0 Å². The molecule has 1 nitrogen and oxygen atoms in total. The lowest BCUT2D eigenvalue weighted by Gasteiger charge is -1.90. The molecule has 0 heterocycles. The van der Waals surface area contributed by atoms with Crippen molar-refractivity contribution in [3.63, 3.8) is 0 Å². The van der Waals surface area contributed by atoms with Gasteiger partial charge in [0.2, 0.25) is 0 Å². The topological polar surface area (TPSA) is 17.1 Å². The van der Waals surface area contributed by atoms with Crippen molar-refractivity contribution < 1.29 is 4.79 Å². The third kappa shape index (κ3) is 14.6. The normalized spacial score (nSPS) is 12.5. The molecule has 0 rings (SSSR count). The van der Waals surface area contributed by atoms with E-state index in [0.29, 0.717) is 0 Å². The molecular formula is C16H24O. The molecule has 0 amide bonds. The SMILES string of the molecule is CCCCC/C=C\C/C=C\C/C=C\C=C\C=O. The summed E-state index contributed by atoms with van der Waals surface area (Å²) in [6.45, 7) is 2.23. The van der Waals surface area contributed by atoms with Gasteiger partial charge in [0, 0.05) is 0 Å². The van der Waals surface area contributed by atoms with Crippen molar-refractivity contribution in [2.24, 2.45) is 0 Å². The van der Waals surface area contributed by atoms with Gasteiger partial charge in [0.05, 0.1) is 0 Å². The zero-order valence-corrected chi connectivity index (χ0v) is 10.8. The van der Waals surface area contributed by atoms with Crippen LogP contribution in [0.5, 0.6) is 0 Å². The van der Waals surface area contributed by atoms with E-state index >= 15 is 0 Å². The summed E-state index contributed by atoms with van der Waals surface area (Å²) < 4.78 is 0. The van der Waals surface area contributed by atoms with Crippen molar-refractivity contribution in [3.8, 4) is 0 Å². The minimum absolute atomic E-state index is 0.781. The number of carbonyl (C=O) groups is 1. The second kappa shape index (κ2) is 14.6. The molecule has 0 aliphatic rings. The molecule has 0 aliphatic carbocycles. The molecule has 0 spiro atoms. The highest BCUT2D eigenvalue weighted by atomic mass is 16.1. The van der Waals surface area contributed by atoms with Crippen LogP contribution in [0.3, 0.4) is 0 Å². The lowest BCUT2D eigenvalue weighted by molar-refractivity contribution is -0.104. The number of hydrogen-bond acceptors (Lipinski definition) is 1. The van der Waals surface area contributed by atoms with Gasteiger partial charge in [-0.1, -0.05) is 62.3 Å². The first kappa shape index (κ1) is 15.6. The Morgan fingerprint density at radius 3 is 2.18 bits per heavy atom. The summed E-state index contributed by atoms with van der Waals surface area (Å²) in [7, 11) is 0. The average Bonchev–Trinajstić information content (AvgIpc) is 2.35. The molecule has 0 bridgehead atoms. The van der Waals surface area contributed by atoms with Crippen LogP contribution in [-0.4, -0.2) is 6.29 Å². The van der Waals surface area contributed by atoms with Crippen LogP contribution in [0.2, 0.25) is 0 Å². The van der Waals surface area contributed by atoms with Crippen LogP contribution in [0, 0.1) is 0 Å². The minimum atomic E-state index is 0.781. The maximum Gasteiger partial charge on any atom is 0.142 e. The zero-order valence-electron chi connectivity index (χ0n) is 10.8. The third-order valence-corrected chi connectivity index (χ3v) is 2.29. The number of rotatable bonds is 10. The summed E-state index contributed by atoms with van der Waals surface area (Å²) in [5.41, 5.74) is 0. The fourth-order valence-corrected chi connectivity index (χ4v) is 1.34. The smallest absolute Gasteiger partial charge is 0.142 e. The Bertz CT molecular complexity index is 269. The van der Waals surface area contributed by atoms with Gasteiger partial charge in [-0.15, -0.1) is 0 Å². The highest BCUT2D eigenvalue weighted by Gasteiger charge is 1.80. The molecule has 0 unspecified atom stereocenters. The molecule has 0 radical (unpaired) electrons. The van der Waals surface area contributed by atoms with Gasteiger partial charge in [-0.2, -0.15) is 0 Å². The molecule has 94 valence electrons. The van der Waals surface area contributed by atoms with Gasteiger partial charge in [0.25, 0.3) is 0 Å². The monoisotopic (exact) mass is 232 g/mol. The molecule has 0 aliphatic heterocycles. The van der Waals surface area contributed by atoms with Crippen LogP contribution in [0.15, 0.2) is 48.6 Å². The highest BCUT2D eigenvalue weighted by molar-refractivity contribution is 5.65. The molecular weight excluding hydrogens is 208 g/mol. The summed E-state index contributed by atoms with van der Waals surface area (Å²) in [4.78, 5) is 9.96. The molecule has 0 saturated heterocycles. The Balaban J connectivity index is 3.38. The van der Waals surface area contributed by atoms with Gasteiger partial charge in [0.1, 0.15) is 6.29 Å². The van der Waals surface area contributed by atoms with Crippen LogP contribution in [0.1, 0.15) is 45.4 Å². The van der Waals surface area contributed by atoms with Gasteiger partial charge in [-0.05, 0) is 31.8 Å². The molecule has 0 aromatic carbocycles. The van der Waals surface area contributed by atoms with Crippen molar-refractivity contribution in [3.05, 3.63) is 48.6 Å². The third-order valence-electron chi connectivity index (χ3n) is 2.29.